The SMILES string of the molecule is COc1cc(OC)nc(C(C(C)C)C(C)O)n1. The van der Waals surface area contributed by atoms with Crippen molar-refractivity contribution < 1.29 is 14.6 Å². The Balaban J connectivity index is 3.17. The van der Waals surface area contributed by atoms with Gasteiger partial charge >= 0.3 is 0 Å². The van der Waals surface area contributed by atoms with Gasteiger partial charge < -0.3 is 14.6 Å². The zero-order chi connectivity index (χ0) is 13.0. The first-order valence-electron chi connectivity index (χ1n) is 5.64. The van der Waals surface area contributed by atoms with Gasteiger partial charge in [0.2, 0.25) is 11.8 Å². The number of aromatic nitrogens is 2. The van der Waals surface area contributed by atoms with Crippen LogP contribution in [0.3, 0.4) is 0 Å². The van der Waals surface area contributed by atoms with Gasteiger partial charge in [0.25, 0.3) is 0 Å². The third kappa shape index (κ3) is 3.30. The van der Waals surface area contributed by atoms with Crippen LogP contribution in [0, 0.1) is 5.92 Å². The predicted octanol–water partition coefficient (Wildman–Crippen LogP) is 1.61. The third-order valence-corrected chi connectivity index (χ3v) is 2.65. The van der Waals surface area contributed by atoms with Gasteiger partial charge in [-0.05, 0) is 12.8 Å². The van der Waals surface area contributed by atoms with E-state index >= 15 is 0 Å². The minimum Gasteiger partial charge on any atom is -0.481 e. The number of ether oxygens (including phenoxy) is 2. The lowest BCUT2D eigenvalue weighted by molar-refractivity contribution is 0.135. The van der Waals surface area contributed by atoms with Crippen LogP contribution in [0.4, 0.5) is 0 Å². The van der Waals surface area contributed by atoms with Gasteiger partial charge in [0.15, 0.2) is 0 Å². The second-order valence-corrected chi connectivity index (χ2v) is 4.32. The summed E-state index contributed by atoms with van der Waals surface area (Å²) >= 11 is 0. The monoisotopic (exact) mass is 240 g/mol. The summed E-state index contributed by atoms with van der Waals surface area (Å²) in [6.07, 6.45) is -0.521. The number of nitrogens with zero attached hydrogens (tertiary/aromatic N) is 2. The topological polar surface area (TPSA) is 64.5 Å². The number of aliphatic hydroxyl groups excluding tert-OH is 1. The van der Waals surface area contributed by atoms with Crippen molar-refractivity contribution in [2.75, 3.05) is 14.2 Å². The van der Waals surface area contributed by atoms with E-state index < -0.39 is 6.10 Å². The number of aliphatic hydroxyl groups is 1. The second-order valence-electron chi connectivity index (χ2n) is 4.32. The molecule has 5 nitrogen and oxygen atoms in total. The molecule has 2 unspecified atom stereocenters. The van der Waals surface area contributed by atoms with Crippen molar-refractivity contribution in [3.8, 4) is 11.8 Å². The summed E-state index contributed by atoms with van der Waals surface area (Å²) in [7, 11) is 3.08. The fraction of sp³-hybridized carbons (Fsp3) is 0.667. The average Bonchev–Trinajstić information content (AvgIpc) is 2.27. The highest BCUT2D eigenvalue weighted by atomic mass is 16.5. The molecule has 0 spiro atoms. The van der Waals surface area contributed by atoms with Crippen LogP contribution in [0.15, 0.2) is 6.07 Å². The lowest BCUT2D eigenvalue weighted by atomic mass is 9.90. The van der Waals surface area contributed by atoms with Crippen LogP contribution >= 0.6 is 0 Å². The Morgan fingerprint density at radius 1 is 1.06 bits per heavy atom. The Morgan fingerprint density at radius 2 is 1.53 bits per heavy atom. The van der Waals surface area contributed by atoms with E-state index in [2.05, 4.69) is 9.97 Å². The maximum atomic E-state index is 9.80. The highest BCUT2D eigenvalue weighted by Crippen LogP contribution is 2.28. The molecule has 0 saturated heterocycles. The molecule has 0 aliphatic heterocycles. The molecule has 0 amide bonds. The summed E-state index contributed by atoms with van der Waals surface area (Å²) in [5, 5.41) is 9.80. The van der Waals surface area contributed by atoms with Gasteiger partial charge in [0.05, 0.1) is 26.4 Å². The number of rotatable bonds is 5. The molecule has 1 N–H and O–H groups in total. The van der Waals surface area contributed by atoms with Crippen molar-refractivity contribution in [3.63, 3.8) is 0 Å². The quantitative estimate of drug-likeness (QED) is 0.847. The van der Waals surface area contributed by atoms with E-state index in [-0.39, 0.29) is 11.8 Å². The first-order valence-corrected chi connectivity index (χ1v) is 5.64. The fourth-order valence-corrected chi connectivity index (χ4v) is 1.85. The smallest absolute Gasteiger partial charge is 0.220 e. The number of hydrogen-bond donors (Lipinski definition) is 1. The normalized spacial score (nSPS) is 14.5. The Labute approximate surface area is 102 Å². The number of methoxy groups -OCH3 is 2. The van der Waals surface area contributed by atoms with Gasteiger partial charge in [-0.15, -0.1) is 0 Å². The summed E-state index contributed by atoms with van der Waals surface area (Å²) in [5.41, 5.74) is 0. The van der Waals surface area contributed by atoms with E-state index in [9.17, 15) is 5.11 Å². The van der Waals surface area contributed by atoms with Crippen LogP contribution < -0.4 is 9.47 Å². The highest BCUT2D eigenvalue weighted by Gasteiger charge is 2.25. The van der Waals surface area contributed by atoms with Crippen molar-refractivity contribution in [3.05, 3.63) is 11.9 Å². The summed E-state index contributed by atoms with van der Waals surface area (Å²) in [6, 6.07) is 1.61. The average molecular weight is 240 g/mol. The van der Waals surface area contributed by atoms with Crippen LogP contribution in [0.25, 0.3) is 0 Å². The Kier molecular flexibility index (Phi) is 4.69. The molecule has 0 saturated carbocycles. The van der Waals surface area contributed by atoms with Crippen LogP contribution in [-0.2, 0) is 0 Å². The molecule has 0 bridgehead atoms. The van der Waals surface area contributed by atoms with Crippen molar-refractivity contribution >= 4 is 0 Å². The molecule has 2 atom stereocenters. The van der Waals surface area contributed by atoms with Gasteiger partial charge in [-0.3, -0.25) is 0 Å². The van der Waals surface area contributed by atoms with Crippen LogP contribution in [-0.4, -0.2) is 35.4 Å². The van der Waals surface area contributed by atoms with Gasteiger partial charge in [-0.2, -0.15) is 9.97 Å². The minimum atomic E-state index is -0.521. The van der Waals surface area contributed by atoms with E-state index in [1.54, 1.807) is 13.0 Å². The molecule has 0 aliphatic carbocycles. The molecule has 1 aromatic heterocycles. The highest BCUT2D eigenvalue weighted by molar-refractivity contribution is 5.22. The van der Waals surface area contributed by atoms with E-state index in [1.807, 2.05) is 13.8 Å². The molecular weight excluding hydrogens is 220 g/mol. The largest absolute Gasteiger partial charge is 0.481 e. The predicted molar refractivity (Wildman–Crippen MR) is 64.4 cm³/mol. The molecule has 1 heterocycles. The lowest BCUT2D eigenvalue weighted by Gasteiger charge is -2.22. The lowest BCUT2D eigenvalue weighted by Crippen LogP contribution is -2.22. The molecule has 0 aromatic carbocycles. The summed E-state index contributed by atoms with van der Waals surface area (Å²) in [4.78, 5) is 8.54. The first kappa shape index (κ1) is 13.7. The van der Waals surface area contributed by atoms with Crippen molar-refractivity contribution in [1.29, 1.82) is 0 Å². The van der Waals surface area contributed by atoms with Gasteiger partial charge in [-0.25, -0.2) is 0 Å². The van der Waals surface area contributed by atoms with E-state index in [1.165, 1.54) is 14.2 Å². The van der Waals surface area contributed by atoms with Crippen LogP contribution in [0.1, 0.15) is 32.5 Å². The number of hydrogen-bond acceptors (Lipinski definition) is 5. The van der Waals surface area contributed by atoms with E-state index in [4.69, 9.17) is 9.47 Å². The van der Waals surface area contributed by atoms with Gasteiger partial charge in [0, 0.05) is 5.92 Å². The van der Waals surface area contributed by atoms with Crippen molar-refractivity contribution in [1.82, 2.24) is 9.97 Å². The summed E-state index contributed by atoms with van der Waals surface area (Å²) in [5.74, 6) is 1.52. The van der Waals surface area contributed by atoms with E-state index in [0.29, 0.717) is 17.6 Å². The van der Waals surface area contributed by atoms with Crippen LogP contribution in [0.2, 0.25) is 0 Å². The summed E-state index contributed by atoms with van der Waals surface area (Å²) in [6.45, 7) is 5.78. The second kappa shape index (κ2) is 5.82. The first-order chi connectivity index (χ1) is 7.99. The Hall–Kier alpha value is -1.36. The third-order valence-electron chi connectivity index (χ3n) is 2.65. The molecule has 17 heavy (non-hydrogen) atoms. The zero-order valence-electron chi connectivity index (χ0n) is 11.0. The molecule has 1 aromatic rings. The molecule has 96 valence electrons. The van der Waals surface area contributed by atoms with Crippen molar-refractivity contribution in [2.45, 2.75) is 32.8 Å². The maximum Gasteiger partial charge on any atom is 0.220 e. The van der Waals surface area contributed by atoms with Crippen molar-refractivity contribution in [2.24, 2.45) is 5.92 Å². The molecular formula is C12H20N2O3. The molecule has 5 heteroatoms. The van der Waals surface area contributed by atoms with Crippen LogP contribution in [0.5, 0.6) is 11.8 Å². The maximum absolute atomic E-state index is 9.80. The molecule has 0 aliphatic rings. The molecule has 1 rings (SSSR count). The summed E-state index contributed by atoms with van der Waals surface area (Å²) < 4.78 is 10.2. The Morgan fingerprint density at radius 3 is 1.82 bits per heavy atom. The zero-order valence-corrected chi connectivity index (χ0v) is 11.0. The van der Waals surface area contributed by atoms with Gasteiger partial charge in [0.1, 0.15) is 5.82 Å². The standard InChI is InChI=1S/C12H20N2O3/c1-7(2)11(8(3)15)12-13-9(16-4)6-10(14-12)17-5/h6-8,11,15H,1-5H3. The van der Waals surface area contributed by atoms with E-state index in [0.717, 1.165) is 0 Å². The van der Waals surface area contributed by atoms with Gasteiger partial charge in [-0.1, -0.05) is 13.8 Å². The fourth-order valence-electron chi connectivity index (χ4n) is 1.85. The minimum absolute atomic E-state index is 0.140. The Bertz CT molecular complexity index is 337. The molecule has 0 radical (unpaired) electrons. The molecule has 0 fully saturated rings.